The van der Waals surface area contributed by atoms with Gasteiger partial charge >= 0.3 is 0 Å². The van der Waals surface area contributed by atoms with Crippen LogP contribution in [0, 0.1) is 18.3 Å². The Morgan fingerprint density at radius 3 is 2.79 bits per heavy atom. The molecule has 1 aromatic carbocycles. The third-order valence-corrected chi connectivity index (χ3v) is 4.22. The molecular weight excluding hydrogens is 302 g/mol. The lowest BCUT2D eigenvalue weighted by Gasteiger charge is -2.46. The Kier molecular flexibility index (Phi) is 4.49. The predicted molar refractivity (Wildman–Crippen MR) is 82.3 cm³/mol. The van der Waals surface area contributed by atoms with Crippen molar-refractivity contribution in [3.8, 4) is 6.07 Å². The van der Waals surface area contributed by atoms with Gasteiger partial charge in [-0.1, -0.05) is 15.9 Å². The lowest BCUT2D eigenvalue weighted by Crippen LogP contribution is -2.57. The maximum Gasteiger partial charge on any atom is 0.0643 e. The van der Waals surface area contributed by atoms with Crippen molar-refractivity contribution in [1.82, 2.24) is 4.90 Å². The van der Waals surface area contributed by atoms with Gasteiger partial charge in [0, 0.05) is 29.3 Å². The third-order valence-electron chi connectivity index (χ3n) is 3.73. The van der Waals surface area contributed by atoms with E-state index in [0.717, 1.165) is 17.6 Å². The van der Waals surface area contributed by atoms with Crippen molar-refractivity contribution < 1.29 is 0 Å². The second-order valence-electron chi connectivity index (χ2n) is 5.42. The van der Waals surface area contributed by atoms with E-state index in [9.17, 15) is 0 Å². The van der Waals surface area contributed by atoms with Gasteiger partial charge in [0.25, 0.3) is 0 Å². The van der Waals surface area contributed by atoms with Crippen LogP contribution in [0.15, 0.2) is 22.7 Å². The maximum absolute atomic E-state index is 9.07. The average molecular weight is 322 g/mol. The molecule has 0 amide bonds. The minimum absolute atomic E-state index is 0.277. The van der Waals surface area contributed by atoms with E-state index in [-0.39, 0.29) is 6.04 Å². The summed E-state index contributed by atoms with van der Waals surface area (Å²) in [6, 6.07) is 9.42. The number of halogens is 1. The molecule has 1 aliphatic heterocycles. The Morgan fingerprint density at radius 1 is 1.42 bits per heavy atom. The summed E-state index contributed by atoms with van der Waals surface area (Å²) in [5, 5.41) is 9.07. The van der Waals surface area contributed by atoms with Crippen molar-refractivity contribution in [2.45, 2.75) is 32.4 Å². The van der Waals surface area contributed by atoms with Gasteiger partial charge in [0.15, 0.2) is 0 Å². The highest BCUT2D eigenvalue weighted by atomic mass is 79.9. The molecule has 3 nitrogen and oxygen atoms in total. The molecule has 2 unspecified atom stereocenters. The van der Waals surface area contributed by atoms with Gasteiger partial charge in [-0.2, -0.15) is 5.26 Å². The zero-order chi connectivity index (χ0) is 14.0. The van der Waals surface area contributed by atoms with Crippen LogP contribution in [0.3, 0.4) is 0 Å². The summed E-state index contributed by atoms with van der Waals surface area (Å²) in [5.74, 6) is 0. The van der Waals surface area contributed by atoms with E-state index >= 15 is 0 Å². The average Bonchev–Trinajstić information content (AvgIpc) is 2.31. The quantitative estimate of drug-likeness (QED) is 0.838. The summed E-state index contributed by atoms with van der Waals surface area (Å²) in [4.78, 5) is 4.74. The zero-order valence-corrected chi connectivity index (χ0v) is 13.3. The number of likely N-dealkylation sites (N-methyl/N-ethyl adjacent to an activating group) is 1. The number of benzene rings is 1. The van der Waals surface area contributed by atoms with Crippen LogP contribution in [0.4, 0.5) is 5.69 Å². The molecule has 1 aromatic rings. The normalized spacial score (nSPS) is 24.3. The lowest BCUT2D eigenvalue weighted by molar-refractivity contribution is 0.233. The van der Waals surface area contributed by atoms with E-state index in [1.54, 1.807) is 0 Å². The SMILES string of the molecule is Cc1cc(Br)ccc1N1C(C)CN(C)CC1CC#N. The number of anilines is 1. The third kappa shape index (κ3) is 3.10. The molecule has 0 aliphatic carbocycles. The highest BCUT2D eigenvalue weighted by Gasteiger charge is 2.31. The van der Waals surface area contributed by atoms with E-state index < -0.39 is 0 Å². The van der Waals surface area contributed by atoms with Crippen LogP contribution in [-0.2, 0) is 0 Å². The monoisotopic (exact) mass is 321 g/mol. The summed E-state index contributed by atoms with van der Waals surface area (Å²) in [6.45, 7) is 6.36. The van der Waals surface area contributed by atoms with Crippen LogP contribution >= 0.6 is 15.9 Å². The van der Waals surface area contributed by atoms with E-state index in [0.29, 0.717) is 12.5 Å². The zero-order valence-electron chi connectivity index (χ0n) is 11.7. The molecule has 0 N–H and O–H groups in total. The van der Waals surface area contributed by atoms with Gasteiger partial charge in [-0.25, -0.2) is 0 Å². The van der Waals surface area contributed by atoms with Gasteiger partial charge in [-0.05, 0) is 44.7 Å². The summed E-state index contributed by atoms with van der Waals surface area (Å²) >= 11 is 3.51. The first-order chi connectivity index (χ1) is 9.02. The number of nitrogens with zero attached hydrogens (tertiary/aromatic N) is 3. The minimum Gasteiger partial charge on any atom is -0.362 e. The highest BCUT2D eigenvalue weighted by molar-refractivity contribution is 9.10. The number of nitriles is 1. The molecule has 2 rings (SSSR count). The second-order valence-corrected chi connectivity index (χ2v) is 6.34. The largest absolute Gasteiger partial charge is 0.362 e. The maximum atomic E-state index is 9.07. The van der Waals surface area contributed by atoms with E-state index in [1.807, 2.05) is 0 Å². The molecular formula is C15H20BrN3. The molecule has 1 aliphatic rings. The van der Waals surface area contributed by atoms with E-state index in [2.05, 4.69) is 70.9 Å². The molecule has 0 radical (unpaired) electrons. The molecule has 0 saturated carbocycles. The Bertz CT molecular complexity index is 495. The fraction of sp³-hybridized carbons (Fsp3) is 0.533. The van der Waals surface area contributed by atoms with Crippen LogP contribution in [0.25, 0.3) is 0 Å². The van der Waals surface area contributed by atoms with Crippen molar-refractivity contribution >= 4 is 21.6 Å². The fourth-order valence-corrected chi connectivity index (χ4v) is 3.51. The number of piperazine rings is 1. The topological polar surface area (TPSA) is 30.3 Å². The Morgan fingerprint density at radius 2 is 2.16 bits per heavy atom. The number of hydrogen-bond donors (Lipinski definition) is 0. The van der Waals surface area contributed by atoms with Gasteiger partial charge in [0.05, 0.1) is 18.5 Å². The van der Waals surface area contributed by atoms with Crippen molar-refractivity contribution in [2.75, 3.05) is 25.0 Å². The smallest absolute Gasteiger partial charge is 0.0643 e. The second kappa shape index (κ2) is 5.94. The van der Waals surface area contributed by atoms with Crippen LogP contribution in [0.5, 0.6) is 0 Å². The van der Waals surface area contributed by atoms with Crippen LogP contribution < -0.4 is 4.90 Å². The molecule has 4 heteroatoms. The van der Waals surface area contributed by atoms with Gasteiger partial charge in [-0.3, -0.25) is 0 Å². The molecule has 1 fully saturated rings. The number of aryl methyl sites for hydroxylation is 1. The minimum atomic E-state index is 0.277. The molecule has 2 atom stereocenters. The van der Waals surface area contributed by atoms with E-state index in [4.69, 9.17) is 5.26 Å². The van der Waals surface area contributed by atoms with Crippen LogP contribution in [0.2, 0.25) is 0 Å². The Hall–Kier alpha value is -1.05. The lowest BCUT2D eigenvalue weighted by atomic mass is 10.0. The summed E-state index contributed by atoms with van der Waals surface area (Å²) in [7, 11) is 2.13. The van der Waals surface area contributed by atoms with Gasteiger partial charge in [0.2, 0.25) is 0 Å². The summed E-state index contributed by atoms with van der Waals surface area (Å²) in [6.07, 6.45) is 0.574. The van der Waals surface area contributed by atoms with Crippen LogP contribution in [-0.4, -0.2) is 37.1 Å². The molecule has 19 heavy (non-hydrogen) atoms. The summed E-state index contributed by atoms with van der Waals surface area (Å²) in [5.41, 5.74) is 2.51. The Balaban J connectivity index is 2.35. The van der Waals surface area contributed by atoms with Gasteiger partial charge in [0.1, 0.15) is 0 Å². The fourth-order valence-electron chi connectivity index (χ4n) is 3.03. The molecule has 0 aromatic heterocycles. The molecule has 0 bridgehead atoms. The highest BCUT2D eigenvalue weighted by Crippen LogP contribution is 2.30. The Labute approximate surface area is 123 Å². The summed E-state index contributed by atoms with van der Waals surface area (Å²) < 4.78 is 1.10. The van der Waals surface area contributed by atoms with Crippen molar-refractivity contribution in [3.63, 3.8) is 0 Å². The first kappa shape index (κ1) is 14.4. The molecule has 1 heterocycles. The first-order valence-electron chi connectivity index (χ1n) is 6.63. The van der Waals surface area contributed by atoms with Crippen molar-refractivity contribution in [1.29, 1.82) is 5.26 Å². The van der Waals surface area contributed by atoms with E-state index in [1.165, 1.54) is 11.3 Å². The van der Waals surface area contributed by atoms with Crippen LogP contribution in [0.1, 0.15) is 18.9 Å². The van der Waals surface area contributed by atoms with Crippen molar-refractivity contribution in [3.05, 3.63) is 28.2 Å². The number of hydrogen-bond acceptors (Lipinski definition) is 3. The van der Waals surface area contributed by atoms with Gasteiger partial charge in [-0.15, -0.1) is 0 Å². The van der Waals surface area contributed by atoms with Crippen molar-refractivity contribution in [2.24, 2.45) is 0 Å². The molecule has 102 valence electrons. The predicted octanol–water partition coefficient (Wildman–Crippen LogP) is 3.18. The molecule has 1 saturated heterocycles. The first-order valence-corrected chi connectivity index (χ1v) is 7.42. The standard InChI is InChI=1S/C15H20BrN3/c1-11-8-13(16)4-5-15(11)19-12(2)9-18(3)10-14(19)6-7-17/h4-5,8,12,14H,6,9-10H2,1-3H3. The molecule has 0 spiro atoms. The number of rotatable bonds is 2. The van der Waals surface area contributed by atoms with Gasteiger partial charge < -0.3 is 9.80 Å².